The number of thioether (sulfide) groups is 1. The van der Waals surface area contributed by atoms with Crippen LogP contribution in [-0.2, 0) is 4.79 Å². The van der Waals surface area contributed by atoms with Crippen LogP contribution in [-0.4, -0.2) is 16.4 Å². The van der Waals surface area contributed by atoms with Crippen LogP contribution in [0.5, 0.6) is 0 Å². The zero-order valence-corrected chi connectivity index (χ0v) is 9.12. The largest absolute Gasteiger partial charge is 0.374 e. The standard InChI is InChI=1S/C10H15NOS/c1-6-9(7(2)12)8-4-10(3,11-6)13-5-8/h8,11H,4-5H2,1-3H3. The lowest BCUT2D eigenvalue weighted by Crippen LogP contribution is -2.40. The van der Waals surface area contributed by atoms with Crippen molar-refractivity contribution >= 4 is 17.5 Å². The Hall–Kier alpha value is -0.440. The van der Waals surface area contributed by atoms with Crippen LogP contribution in [0.1, 0.15) is 27.2 Å². The molecule has 1 N–H and O–H groups in total. The highest BCUT2D eigenvalue weighted by atomic mass is 32.2. The molecule has 0 aliphatic carbocycles. The molecule has 2 bridgehead atoms. The fraction of sp³-hybridized carbons (Fsp3) is 0.700. The lowest BCUT2D eigenvalue weighted by molar-refractivity contribution is -0.114. The Balaban J connectivity index is 2.37. The first-order valence-corrected chi connectivity index (χ1v) is 5.64. The van der Waals surface area contributed by atoms with Crippen molar-refractivity contribution in [3.63, 3.8) is 0 Å². The van der Waals surface area contributed by atoms with E-state index in [-0.39, 0.29) is 10.7 Å². The second kappa shape index (κ2) is 2.77. The van der Waals surface area contributed by atoms with Gasteiger partial charge in [0.1, 0.15) is 0 Å². The van der Waals surface area contributed by atoms with Gasteiger partial charge in [-0.3, -0.25) is 4.79 Å². The molecule has 72 valence electrons. The fourth-order valence-electron chi connectivity index (χ4n) is 2.47. The van der Waals surface area contributed by atoms with Gasteiger partial charge < -0.3 is 5.32 Å². The molecule has 1 saturated heterocycles. The van der Waals surface area contributed by atoms with Gasteiger partial charge in [-0.05, 0) is 27.2 Å². The summed E-state index contributed by atoms with van der Waals surface area (Å²) in [6.45, 7) is 5.91. The molecule has 2 heterocycles. The summed E-state index contributed by atoms with van der Waals surface area (Å²) in [5.74, 6) is 1.82. The number of allylic oxidation sites excluding steroid dienone is 2. The maximum absolute atomic E-state index is 11.4. The molecule has 13 heavy (non-hydrogen) atoms. The van der Waals surface area contributed by atoms with E-state index in [4.69, 9.17) is 0 Å². The van der Waals surface area contributed by atoms with E-state index in [1.807, 2.05) is 18.7 Å². The lowest BCUT2D eigenvalue weighted by Gasteiger charge is -2.32. The van der Waals surface area contributed by atoms with Gasteiger partial charge in [-0.25, -0.2) is 0 Å². The van der Waals surface area contributed by atoms with E-state index in [1.54, 1.807) is 6.92 Å². The Kier molecular flexibility index (Phi) is 1.95. The number of hydrogen-bond acceptors (Lipinski definition) is 3. The first kappa shape index (κ1) is 9.13. The fourth-order valence-corrected chi connectivity index (χ4v) is 3.86. The topological polar surface area (TPSA) is 29.1 Å². The van der Waals surface area contributed by atoms with E-state index in [9.17, 15) is 4.79 Å². The van der Waals surface area contributed by atoms with E-state index in [1.165, 1.54) is 0 Å². The van der Waals surface area contributed by atoms with Gasteiger partial charge in [0.25, 0.3) is 0 Å². The van der Waals surface area contributed by atoms with Crippen molar-refractivity contribution in [1.29, 1.82) is 0 Å². The van der Waals surface area contributed by atoms with Crippen molar-refractivity contribution in [2.24, 2.45) is 5.92 Å². The van der Waals surface area contributed by atoms with Gasteiger partial charge in [0, 0.05) is 22.9 Å². The summed E-state index contributed by atoms with van der Waals surface area (Å²) in [6.07, 6.45) is 1.10. The molecular weight excluding hydrogens is 182 g/mol. The first-order valence-electron chi connectivity index (χ1n) is 4.66. The number of ketones is 1. The van der Waals surface area contributed by atoms with E-state index in [0.717, 1.165) is 23.4 Å². The molecule has 3 heteroatoms. The number of carbonyl (C=O) groups is 1. The minimum Gasteiger partial charge on any atom is -0.374 e. The van der Waals surface area contributed by atoms with E-state index in [0.29, 0.717) is 5.92 Å². The lowest BCUT2D eigenvalue weighted by atomic mass is 9.87. The number of Topliss-reactive ketones (excluding diaryl/α,β-unsaturated/α-hetero) is 1. The zero-order chi connectivity index (χ0) is 9.64. The van der Waals surface area contributed by atoms with Gasteiger partial charge in [-0.15, -0.1) is 11.8 Å². The van der Waals surface area contributed by atoms with Crippen LogP contribution < -0.4 is 5.32 Å². The Bertz CT molecular complexity index is 297. The summed E-state index contributed by atoms with van der Waals surface area (Å²) < 4.78 is 0. The second-order valence-electron chi connectivity index (χ2n) is 4.16. The summed E-state index contributed by atoms with van der Waals surface area (Å²) >= 11 is 1.94. The Morgan fingerprint density at radius 1 is 1.69 bits per heavy atom. The molecule has 0 spiro atoms. The Morgan fingerprint density at radius 3 is 3.00 bits per heavy atom. The van der Waals surface area contributed by atoms with Crippen LogP contribution in [0.4, 0.5) is 0 Å². The molecule has 0 aromatic carbocycles. The normalized spacial score (nSPS) is 37.6. The smallest absolute Gasteiger partial charge is 0.157 e. The third kappa shape index (κ3) is 1.39. The van der Waals surface area contributed by atoms with Crippen LogP contribution in [0.25, 0.3) is 0 Å². The van der Waals surface area contributed by atoms with Gasteiger partial charge in [0.2, 0.25) is 0 Å². The van der Waals surface area contributed by atoms with Gasteiger partial charge >= 0.3 is 0 Å². The zero-order valence-electron chi connectivity index (χ0n) is 8.31. The summed E-state index contributed by atoms with van der Waals surface area (Å²) in [7, 11) is 0. The van der Waals surface area contributed by atoms with Crippen molar-refractivity contribution in [1.82, 2.24) is 5.32 Å². The minimum atomic E-state index is 0.188. The van der Waals surface area contributed by atoms with Crippen molar-refractivity contribution in [2.45, 2.75) is 32.1 Å². The van der Waals surface area contributed by atoms with Crippen LogP contribution in [0.15, 0.2) is 11.3 Å². The number of hydrogen-bond donors (Lipinski definition) is 1. The average Bonchev–Trinajstić information content (AvgIpc) is 2.26. The quantitative estimate of drug-likeness (QED) is 0.696. The predicted octanol–water partition coefficient (Wildman–Crippen LogP) is 1.92. The number of carbonyl (C=O) groups excluding carboxylic acids is 1. The first-order chi connectivity index (χ1) is 6.02. The van der Waals surface area contributed by atoms with Gasteiger partial charge in [-0.2, -0.15) is 0 Å². The van der Waals surface area contributed by atoms with Crippen molar-refractivity contribution in [3.05, 3.63) is 11.3 Å². The van der Waals surface area contributed by atoms with Crippen LogP contribution in [0, 0.1) is 5.92 Å². The molecule has 0 amide bonds. The van der Waals surface area contributed by atoms with E-state index in [2.05, 4.69) is 12.2 Å². The van der Waals surface area contributed by atoms with Crippen LogP contribution in [0.3, 0.4) is 0 Å². The van der Waals surface area contributed by atoms with Gasteiger partial charge in [-0.1, -0.05) is 0 Å². The molecule has 2 aliphatic heterocycles. The molecule has 2 unspecified atom stereocenters. The van der Waals surface area contributed by atoms with Crippen molar-refractivity contribution in [3.8, 4) is 0 Å². The summed E-state index contributed by atoms with van der Waals surface area (Å²) in [4.78, 5) is 11.6. The molecule has 2 atom stereocenters. The highest BCUT2D eigenvalue weighted by molar-refractivity contribution is 8.00. The average molecular weight is 197 g/mol. The third-order valence-corrected chi connectivity index (χ3v) is 4.36. The van der Waals surface area contributed by atoms with E-state index >= 15 is 0 Å². The number of rotatable bonds is 1. The van der Waals surface area contributed by atoms with E-state index < -0.39 is 0 Å². The Morgan fingerprint density at radius 2 is 2.38 bits per heavy atom. The monoisotopic (exact) mass is 197 g/mol. The second-order valence-corrected chi connectivity index (χ2v) is 5.69. The van der Waals surface area contributed by atoms with Crippen molar-refractivity contribution < 1.29 is 4.79 Å². The molecule has 2 rings (SSSR count). The predicted molar refractivity (Wildman–Crippen MR) is 55.5 cm³/mol. The van der Waals surface area contributed by atoms with Crippen LogP contribution in [0.2, 0.25) is 0 Å². The molecular formula is C10H15NOS. The third-order valence-electron chi connectivity index (χ3n) is 2.88. The maximum Gasteiger partial charge on any atom is 0.157 e. The number of fused-ring (bicyclic) bond motifs is 2. The van der Waals surface area contributed by atoms with Gasteiger partial charge in [0.05, 0.1) is 4.87 Å². The molecule has 1 fully saturated rings. The van der Waals surface area contributed by atoms with Gasteiger partial charge in [0.15, 0.2) is 5.78 Å². The van der Waals surface area contributed by atoms with Crippen molar-refractivity contribution in [2.75, 3.05) is 5.75 Å². The summed E-state index contributed by atoms with van der Waals surface area (Å²) in [5, 5.41) is 3.44. The Labute approximate surface area is 83.2 Å². The molecule has 2 aliphatic rings. The molecule has 0 radical (unpaired) electrons. The summed E-state index contributed by atoms with van der Waals surface area (Å²) in [6, 6.07) is 0. The molecule has 2 nitrogen and oxygen atoms in total. The van der Waals surface area contributed by atoms with Crippen LogP contribution >= 0.6 is 11.8 Å². The highest BCUT2D eigenvalue weighted by Gasteiger charge is 2.43. The highest BCUT2D eigenvalue weighted by Crippen LogP contribution is 2.46. The molecule has 0 aromatic heterocycles. The SMILES string of the molecule is CC(=O)C1=C(C)NC2(C)CC1CS2. The summed E-state index contributed by atoms with van der Waals surface area (Å²) in [5.41, 5.74) is 2.12. The maximum atomic E-state index is 11.4. The molecule has 0 aromatic rings. The minimum absolute atomic E-state index is 0.188. The number of nitrogens with one attached hydrogen (secondary N) is 1. The molecule has 0 saturated carbocycles.